The zero-order valence-electron chi connectivity index (χ0n) is 8.35. The standard InChI is InChI=1S/C8H12N4O2S/c1-3-5(11-8(9)15)6(12-14)7(13)4(2)10-3/h7,13-14H,1-2H3,(H3,9,11,15). The number of oxime groups is 1. The highest BCUT2D eigenvalue weighted by Gasteiger charge is 2.27. The zero-order valence-corrected chi connectivity index (χ0v) is 9.17. The quantitative estimate of drug-likeness (QED) is 0.281. The van der Waals surface area contributed by atoms with Crippen molar-refractivity contribution in [2.24, 2.45) is 15.9 Å². The average molecular weight is 228 g/mol. The van der Waals surface area contributed by atoms with E-state index in [0.717, 1.165) is 0 Å². The Morgan fingerprint density at radius 3 is 2.67 bits per heavy atom. The maximum atomic E-state index is 9.66. The van der Waals surface area contributed by atoms with Crippen molar-refractivity contribution >= 4 is 28.8 Å². The van der Waals surface area contributed by atoms with E-state index in [-0.39, 0.29) is 10.8 Å². The van der Waals surface area contributed by atoms with Crippen molar-refractivity contribution < 1.29 is 10.3 Å². The van der Waals surface area contributed by atoms with E-state index in [2.05, 4.69) is 27.7 Å². The van der Waals surface area contributed by atoms with Gasteiger partial charge in [0.15, 0.2) is 5.11 Å². The van der Waals surface area contributed by atoms with E-state index in [9.17, 15) is 5.11 Å². The Morgan fingerprint density at radius 1 is 1.60 bits per heavy atom. The number of rotatable bonds is 1. The van der Waals surface area contributed by atoms with Crippen LogP contribution in [-0.2, 0) is 0 Å². The summed E-state index contributed by atoms with van der Waals surface area (Å²) in [7, 11) is 0. The van der Waals surface area contributed by atoms with Crippen LogP contribution in [0.1, 0.15) is 13.8 Å². The fourth-order valence-corrected chi connectivity index (χ4v) is 1.39. The summed E-state index contributed by atoms with van der Waals surface area (Å²) < 4.78 is 0. The van der Waals surface area contributed by atoms with Crippen LogP contribution in [0.4, 0.5) is 0 Å². The molecule has 1 atom stereocenters. The summed E-state index contributed by atoms with van der Waals surface area (Å²) in [5.41, 5.74) is 6.71. The first-order chi connectivity index (χ1) is 6.97. The summed E-state index contributed by atoms with van der Waals surface area (Å²) in [4.78, 5) is 4.07. The molecule has 1 heterocycles. The lowest BCUT2D eigenvalue weighted by Gasteiger charge is -2.21. The normalized spacial score (nSPS) is 24.1. The van der Waals surface area contributed by atoms with Crippen molar-refractivity contribution in [1.82, 2.24) is 5.32 Å². The van der Waals surface area contributed by atoms with Crippen LogP contribution in [0.25, 0.3) is 0 Å². The Bertz CT molecular complexity index is 386. The van der Waals surface area contributed by atoms with Gasteiger partial charge in [-0.25, -0.2) is 0 Å². The molecular formula is C8H12N4O2S. The predicted octanol–water partition coefficient (Wildman–Crippen LogP) is -0.283. The molecule has 0 radical (unpaired) electrons. The Labute approximate surface area is 92.2 Å². The van der Waals surface area contributed by atoms with Crippen molar-refractivity contribution in [3.05, 3.63) is 11.4 Å². The predicted molar refractivity (Wildman–Crippen MR) is 61.0 cm³/mol. The molecule has 0 aromatic rings. The monoisotopic (exact) mass is 228 g/mol. The second-order valence-electron chi connectivity index (χ2n) is 3.09. The number of aliphatic imine (C=N–C) groups is 1. The van der Waals surface area contributed by atoms with Crippen molar-refractivity contribution in [1.29, 1.82) is 0 Å². The number of nitrogens with two attached hydrogens (primary N) is 1. The minimum Gasteiger partial charge on any atom is -0.410 e. The molecule has 1 aliphatic rings. The van der Waals surface area contributed by atoms with Gasteiger partial charge >= 0.3 is 0 Å². The van der Waals surface area contributed by atoms with Gasteiger partial charge in [0.25, 0.3) is 0 Å². The third-order valence-electron chi connectivity index (χ3n) is 1.97. The van der Waals surface area contributed by atoms with Crippen LogP contribution in [0, 0.1) is 0 Å². The second kappa shape index (κ2) is 4.37. The van der Waals surface area contributed by atoms with E-state index in [1.54, 1.807) is 13.8 Å². The molecule has 0 aromatic carbocycles. The van der Waals surface area contributed by atoms with Crippen LogP contribution in [0.5, 0.6) is 0 Å². The fraction of sp³-hybridized carbons (Fsp3) is 0.375. The van der Waals surface area contributed by atoms with E-state index in [4.69, 9.17) is 10.9 Å². The van der Waals surface area contributed by atoms with E-state index in [1.807, 2.05) is 0 Å². The molecule has 0 saturated heterocycles. The summed E-state index contributed by atoms with van der Waals surface area (Å²) >= 11 is 4.66. The number of hydrogen-bond donors (Lipinski definition) is 4. The van der Waals surface area contributed by atoms with Crippen LogP contribution in [0.2, 0.25) is 0 Å². The summed E-state index contributed by atoms with van der Waals surface area (Å²) in [5.74, 6) is 0. The van der Waals surface area contributed by atoms with Gasteiger partial charge in [0.1, 0.15) is 11.8 Å². The van der Waals surface area contributed by atoms with E-state index in [0.29, 0.717) is 17.1 Å². The highest BCUT2D eigenvalue weighted by molar-refractivity contribution is 7.80. The number of hydrogen-bond acceptors (Lipinski definition) is 5. The van der Waals surface area contributed by atoms with Gasteiger partial charge < -0.3 is 21.4 Å². The van der Waals surface area contributed by atoms with Crippen molar-refractivity contribution in [2.75, 3.05) is 0 Å². The Balaban J connectivity index is 3.17. The average Bonchev–Trinajstić information content (AvgIpc) is 2.14. The first-order valence-electron chi connectivity index (χ1n) is 4.20. The van der Waals surface area contributed by atoms with Gasteiger partial charge in [-0.2, -0.15) is 0 Å². The smallest absolute Gasteiger partial charge is 0.168 e. The molecule has 1 rings (SSSR count). The SMILES string of the molecule is CC1=NC(C)=C(NC(N)=S)C(=NO)C1O. The highest BCUT2D eigenvalue weighted by Crippen LogP contribution is 2.15. The first-order valence-corrected chi connectivity index (χ1v) is 4.61. The first kappa shape index (κ1) is 11.6. The number of nitrogens with one attached hydrogen (secondary N) is 1. The lowest BCUT2D eigenvalue weighted by atomic mass is 10.0. The summed E-state index contributed by atoms with van der Waals surface area (Å²) in [6.45, 7) is 3.33. The topological polar surface area (TPSA) is 103 Å². The van der Waals surface area contributed by atoms with Crippen LogP contribution in [0.15, 0.2) is 21.5 Å². The summed E-state index contributed by atoms with van der Waals surface area (Å²) in [6.07, 6.45) is -1.05. The molecule has 0 bridgehead atoms. The number of aliphatic hydroxyl groups is 1. The molecule has 82 valence electrons. The molecule has 0 saturated carbocycles. The van der Waals surface area contributed by atoms with Crippen LogP contribution in [-0.4, -0.2) is 33.0 Å². The molecule has 5 N–H and O–H groups in total. The highest BCUT2D eigenvalue weighted by atomic mass is 32.1. The molecule has 1 aliphatic heterocycles. The van der Waals surface area contributed by atoms with Crippen LogP contribution >= 0.6 is 12.2 Å². The third-order valence-corrected chi connectivity index (χ3v) is 2.07. The Hall–Kier alpha value is -1.47. The molecule has 15 heavy (non-hydrogen) atoms. The largest absolute Gasteiger partial charge is 0.410 e. The zero-order chi connectivity index (χ0) is 11.6. The molecule has 7 heteroatoms. The van der Waals surface area contributed by atoms with Gasteiger partial charge in [-0.15, -0.1) is 0 Å². The van der Waals surface area contributed by atoms with Crippen molar-refractivity contribution in [3.63, 3.8) is 0 Å². The van der Waals surface area contributed by atoms with Gasteiger partial charge in [0, 0.05) is 0 Å². The van der Waals surface area contributed by atoms with E-state index >= 15 is 0 Å². The molecule has 0 spiro atoms. The Morgan fingerprint density at radius 2 is 2.20 bits per heavy atom. The van der Waals surface area contributed by atoms with Crippen LogP contribution < -0.4 is 11.1 Å². The second-order valence-corrected chi connectivity index (χ2v) is 3.53. The number of allylic oxidation sites excluding steroid dienone is 1. The Kier molecular flexibility index (Phi) is 3.38. The lowest BCUT2D eigenvalue weighted by molar-refractivity contribution is 0.278. The number of nitrogens with zero attached hydrogens (tertiary/aromatic N) is 2. The molecule has 1 unspecified atom stereocenters. The minimum atomic E-state index is -1.05. The van der Waals surface area contributed by atoms with Gasteiger partial charge in [-0.1, -0.05) is 5.16 Å². The molecular weight excluding hydrogens is 216 g/mol. The molecule has 0 amide bonds. The molecule has 0 fully saturated rings. The van der Waals surface area contributed by atoms with Crippen molar-refractivity contribution in [2.45, 2.75) is 20.0 Å². The lowest BCUT2D eigenvalue weighted by Crippen LogP contribution is -2.41. The van der Waals surface area contributed by atoms with Gasteiger partial charge in [0.2, 0.25) is 0 Å². The van der Waals surface area contributed by atoms with Gasteiger partial charge in [0.05, 0.1) is 17.1 Å². The number of thiocarbonyl (C=S) groups is 1. The summed E-state index contributed by atoms with van der Waals surface area (Å²) in [5, 5.41) is 24.1. The van der Waals surface area contributed by atoms with Gasteiger partial charge in [-0.3, -0.25) is 4.99 Å². The maximum absolute atomic E-state index is 9.66. The molecule has 0 aromatic heterocycles. The van der Waals surface area contributed by atoms with E-state index in [1.165, 1.54) is 0 Å². The number of aliphatic hydroxyl groups excluding tert-OH is 1. The minimum absolute atomic E-state index is 0.0208. The third kappa shape index (κ3) is 2.31. The van der Waals surface area contributed by atoms with Crippen molar-refractivity contribution in [3.8, 4) is 0 Å². The summed E-state index contributed by atoms with van der Waals surface area (Å²) in [6, 6.07) is 0. The van der Waals surface area contributed by atoms with Crippen LogP contribution in [0.3, 0.4) is 0 Å². The fourth-order valence-electron chi connectivity index (χ4n) is 1.28. The maximum Gasteiger partial charge on any atom is 0.168 e. The van der Waals surface area contributed by atoms with Gasteiger partial charge in [-0.05, 0) is 26.1 Å². The molecule has 0 aliphatic carbocycles. The van der Waals surface area contributed by atoms with E-state index < -0.39 is 6.10 Å². The molecule has 6 nitrogen and oxygen atoms in total.